The third-order valence-corrected chi connectivity index (χ3v) is 5.19. The molecule has 1 saturated carbocycles. The molecule has 0 bridgehead atoms. The molecule has 1 N–H and O–H groups in total. The van der Waals surface area contributed by atoms with E-state index in [4.69, 9.17) is 4.74 Å². The Kier molecular flexibility index (Phi) is 6.01. The third-order valence-electron chi connectivity index (χ3n) is 3.91. The van der Waals surface area contributed by atoms with Crippen molar-refractivity contribution >= 4 is 21.6 Å². The molecule has 6 nitrogen and oxygen atoms in total. The number of hydrogen-bond donors (Lipinski definition) is 1. The van der Waals surface area contributed by atoms with Gasteiger partial charge in [0.1, 0.15) is 5.75 Å². The van der Waals surface area contributed by atoms with Gasteiger partial charge in [0.05, 0.1) is 19.4 Å². The number of hydrogen-bond acceptors (Lipinski definition) is 4. The van der Waals surface area contributed by atoms with Crippen LogP contribution < -0.4 is 10.1 Å². The number of nitrogens with zero attached hydrogens (tertiary/aromatic N) is 1. The summed E-state index contributed by atoms with van der Waals surface area (Å²) in [6.45, 7) is 2.34. The molecule has 1 aromatic rings. The van der Waals surface area contributed by atoms with E-state index in [0.717, 1.165) is 37.7 Å². The molecule has 23 heavy (non-hydrogen) atoms. The highest BCUT2D eigenvalue weighted by molar-refractivity contribution is 7.88. The minimum absolute atomic E-state index is 0.0592. The fourth-order valence-corrected chi connectivity index (χ4v) is 3.96. The van der Waals surface area contributed by atoms with E-state index in [2.05, 4.69) is 5.32 Å². The lowest BCUT2D eigenvalue weighted by molar-refractivity contribution is -0.116. The highest BCUT2D eigenvalue weighted by Gasteiger charge is 2.30. The topological polar surface area (TPSA) is 75.7 Å². The van der Waals surface area contributed by atoms with E-state index in [1.807, 2.05) is 6.92 Å². The van der Waals surface area contributed by atoms with Gasteiger partial charge in [-0.1, -0.05) is 12.8 Å². The number of sulfonamides is 1. The van der Waals surface area contributed by atoms with Crippen molar-refractivity contribution in [2.45, 2.75) is 38.6 Å². The number of ether oxygens (including phenoxy) is 1. The molecule has 1 aliphatic carbocycles. The molecule has 0 aromatic heterocycles. The Morgan fingerprint density at radius 3 is 2.39 bits per heavy atom. The van der Waals surface area contributed by atoms with Gasteiger partial charge in [0.15, 0.2) is 0 Å². The average Bonchev–Trinajstić information content (AvgIpc) is 3.00. The first-order valence-electron chi connectivity index (χ1n) is 7.89. The van der Waals surface area contributed by atoms with Crippen molar-refractivity contribution in [2.24, 2.45) is 0 Å². The number of rotatable bonds is 7. The molecule has 1 aliphatic rings. The summed E-state index contributed by atoms with van der Waals surface area (Å²) in [5.74, 6) is 0.403. The Labute approximate surface area is 137 Å². The summed E-state index contributed by atoms with van der Waals surface area (Å²) in [5, 5.41) is 2.74. The fraction of sp³-hybridized carbons (Fsp3) is 0.562. The number of carbonyl (C=O) groups is 1. The normalized spacial score (nSPS) is 15.8. The number of carbonyl (C=O) groups excluding carboxylic acids is 1. The summed E-state index contributed by atoms with van der Waals surface area (Å²) < 4.78 is 30.6. The van der Waals surface area contributed by atoms with Crippen LogP contribution in [-0.2, 0) is 14.8 Å². The predicted molar refractivity (Wildman–Crippen MR) is 90.0 cm³/mol. The van der Waals surface area contributed by atoms with Crippen LogP contribution in [-0.4, -0.2) is 44.1 Å². The van der Waals surface area contributed by atoms with Gasteiger partial charge < -0.3 is 10.1 Å². The van der Waals surface area contributed by atoms with Crippen LogP contribution in [0.4, 0.5) is 5.69 Å². The molecule has 128 valence electrons. The largest absolute Gasteiger partial charge is 0.494 e. The summed E-state index contributed by atoms with van der Waals surface area (Å²) in [6, 6.07) is 6.96. The first kappa shape index (κ1) is 17.7. The second kappa shape index (κ2) is 7.79. The van der Waals surface area contributed by atoms with Gasteiger partial charge in [-0.25, -0.2) is 8.42 Å². The van der Waals surface area contributed by atoms with Crippen molar-refractivity contribution in [3.63, 3.8) is 0 Å². The molecule has 1 amide bonds. The smallest absolute Gasteiger partial charge is 0.239 e. The van der Waals surface area contributed by atoms with Crippen molar-refractivity contribution in [2.75, 3.05) is 24.7 Å². The summed E-state index contributed by atoms with van der Waals surface area (Å²) >= 11 is 0. The molecule has 0 heterocycles. The van der Waals surface area contributed by atoms with E-state index in [1.54, 1.807) is 24.3 Å². The average molecular weight is 340 g/mol. The van der Waals surface area contributed by atoms with Gasteiger partial charge in [-0.05, 0) is 44.0 Å². The van der Waals surface area contributed by atoms with Gasteiger partial charge in [-0.15, -0.1) is 0 Å². The molecule has 2 rings (SSSR count). The van der Waals surface area contributed by atoms with Crippen molar-refractivity contribution in [3.05, 3.63) is 24.3 Å². The lowest BCUT2D eigenvalue weighted by Gasteiger charge is -2.25. The monoisotopic (exact) mass is 340 g/mol. The van der Waals surface area contributed by atoms with Gasteiger partial charge in [0.25, 0.3) is 0 Å². The Hall–Kier alpha value is -1.60. The Morgan fingerprint density at radius 1 is 1.26 bits per heavy atom. The summed E-state index contributed by atoms with van der Waals surface area (Å²) in [7, 11) is -3.40. The van der Waals surface area contributed by atoms with Crippen LogP contribution in [0.2, 0.25) is 0 Å². The molecule has 0 saturated heterocycles. The summed E-state index contributed by atoms with van der Waals surface area (Å²) in [4.78, 5) is 12.2. The first-order chi connectivity index (χ1) is 10.9. The van der Waals surface area contributed by atoms with Crippen LogP contribution in [0.1, 0.15) is 32.6 Å². The zero-order valence-electron chi connectivity index (χ0n) is 13.6. The molecule has 0 unspecified atom stereocenters. The molecule has 7 heteroatoms. The van der Waals surface area contributed by atoms with Gasteiger partial charge in [-0.3, -0.25) is 4.79 Å². The van der Waals surface area contributed by atoms with Crippen LogP contribution in [0.5, 0.6) is 5.75 Å². The lowest BCUT2D eigenvalue weighted by Crippen LogP contribution is -2.43. The maximum absolute atomic E-state index is 12.2. The molecular formula is C16H24N2O4S. The number of amides is 1. The molecule has 0 radical (unpaired) electrons. The highest BCUT2D eigenvalue weighted by atomic mass is 32.2. The molecule has 0 atom stereocenters. The van der Waals surface area contributed by atoms with Crippen LogP contribution in [0, 0.1) is 0 Å². The van der Waals surface area contributed by atoms with E-state index in [9.17, 15) is 13.2 Å². The summed E-state index contributed by atoms with van der Waals surface area (Å²) in [5.41, 5.74) is 0.623. The van der Waals surface area contributed by atoms with E-state index >= 15 is 0 Å². The standard InChI is InChI=1S/C16H24N2O4S/c1-3-22-15-10-8-13(9-11-15)17-16(19)12-18(23(2,20)21)14-6-4-5-7-14/h8-11,14H,3-7,12H2,1-2H3,(H,17,19). The van der Waals surface area contributed by atoms with Crippen LogP contribution in [0.3, 0.4) is 0 Å². The predicted octanol–water partition coefficient (Wildman–Crippen LogP) is 2.23. The van der Waals surface area contributed by atoms with Crippen molar-refractivity contribution < 1.29 is 17.9 Å². The zero-order valence-corrected chi connectivity index (χ0v) is 14.4. The highest BCUT2D eigenvalue weighted by Crippen LogP contribution is 2.25. The molecule has 1 aromatic carbocycles. The van der Waals surface area contributed by atoms with Crippen molar-refractivity contribution in [1.82, 2.24) is 4.31 Å². The van der Waals surface area contributed by atoms with Gasteiger partial charge in [-0.2, -0.15) is 4.31 Å². The van der Waals surface area contributed by atoms with Gasteiger partial charge in [0, 0.05) is 11.7 Å². The van der Waals surface area contributed by atoms with Crippen LogP contribution in [0.15, 0.2) is 24.3 Å². The van der Waals surface area contributed by atoms with Crippen molar-refractivity contribution in [3.8, 4) is 5.75 Å². The molecule has 0 aliphatic heterocycles. The van der Waals surface area contributed by atoms with Gasteiger partial charge in [0.2, 0.25) is 15.9 Å². The Morgan fingerprint density at radius 2 is 1.87 bits per heavy atom. The lowest BCUT2D eigenvalue weighted by atomic mass is 10.2. The Balaban J connectivity index is 1.98. The van der Waals surface area contributed by atoms with E-state index in [0.29, 0.717) is 12.3 Å². The Bertz CT molecular complexity index is 622. The number of benzene rings is 1. The SMILES string of the molecule is CCOc1ccc(NC(=O)CN(C2CCCC2)S(C)(=O)=O)cc1. The van der Waals surface area contributed by atoms with Crippen molar-refractivity contribution in [1.29, 1.82) is 0 Å². The van der Waals surface area contributed by atoms with Gasteiger partial charge >= 0.3 is 0 Å². The van der Waals surface area contributed by atoms with Crippen LogP contribution >= 0.6 is 0 Å². The number of nitrogens with one attached hydrogen (secondary N) is 1. The maximum Gasteiger partial charge on any atom is 0.239 e. The minimum Gasteiger partial charge on any atom is -0.494 e. The molecule has 0 spiro atoms. The zero-order chi connectivity index (χ0) is 16.9. The summed E-state index contributed by atoms with van der Waals surface area (Å²) in [6.07, 6.45) is 4.83. The van der Waals surface area contributed by atoms with Crippen LogP contribution in [0.25, 0.3) is 0 Å². The first-order valence-corrected chi connectivity index (χ1v) is 9.74. The third kappa shape index (κ3) is 5.21. The molecule has 1 fully saturated rings. The van der Waals surface area contributed by atoms with E-state index in [1.165, 1.54) is 4.31 Å². The van der Waals surface area contributed by atoms with E-state index < -0.39 is 10.0 Å². The fourth-order valence-electron chi connectivity index (χ4n) is 2.85. The quantitative estimate of drug-likeness (QED) is 0.826. The minimum atomic E-state index is -3.40. The number of anilines is 1. The maximum atomic E-state index is 12.2. The molecular weight excluding hydrogens is 316 g/mol. The second-order valence-electron chi connectivity index (χ2n) is 5.75. The van der Waals surface area contributed by atoms with E-state index in [-0.39, 0.29) is 18.5 Å². The second-order valence-corrected chi connectivity index (χ2v) is 7.69.